The van der Waals surface area contributed by atoms with Crippen LogP contribution in [0.25, 0.3) is 0 Å². The van der Waals surface area contributed by atoms with E-state index in [9.17, 15) is 19.5 Å². The van der Waals surface area contributed by atoms with Crippen LogP contribution in [-0.4, -0.2) is 35.0 Å². The summed E-state index contributed by atoms with van der Waals surface area (Å²) in [7, 11) is 0. The van der Waals surface area contributed by atoms with Crippen molar-refractivity contribution < 1.29 is 19.5 Å². The molecule has 1 unspecified atom stereocenters. The smallest absolute Gasteiger partial charge is 0.329 e. The number of nitrogens with zero attached hydrogens (tertiary/aromatic N) is 1. The monoisotopic (exact) mass is 394 g/mol. The first-order valence-electron chi connectivity index (χ1n) is 7.94. The number of hydrogen-bond donors (Lipinski definition) is 2. The Hall–Kier alpha value is -1.89. The average molecular weight is 395 g/mol. The fraction of sp³-hybridized carbons (Fsp3) is 0.471. The van der Waals surface area contributed by atoms with Gasteiger partial charge in [-0.1, -0.05) is 15.9 Å². The van der Waals surface area contributed by atoms with Crippen LogP contribution in [-0.2, 0) is 14.4 Å². The number of rotatable bonds is 4. The highest BCUT2D eigenvalue weighted by Gasteiger charge is 2.47. The molecule has 0 bridgehead atoms. The summed E-state index contributed by atoms with van der Waals surface area (Å²) in [6.45, 7) is 2.22. The zero-order valence-electron chi connectivity index (χ0n) is 13.3. The van der Waals surface area contributed by atoms with Crippen molar-refractivity contribution in [3.8, 4) is 0 Å². The van der Waals surface area contributed by atoms with Crippen LogP contribution in [0.4, 0.5) is 5.69 Å². The molecule has 0 aromatic heterocycles. The molecular formula is C17H19BrN2O4. The number of anilines is 1. The van der Waals surface area contributed by atoms with E-state index in [1.165, 1.54) is 0 Å². The van der Waals surface area contributed by atoms with E-state index >= 15 is 0 Å². The lowest BCUT2D eigenvalue weighted by Gasteiger charge is -2.38. The molecule has 1 aromatic carbocycles. The van der Waals surface area contributed by atoms with Crippen LogP contribution in [0.5, 0.6) is 0 Å². The van der Waals surface area contributed by atoms with Gasteiger partial charge in [-0.05, 0) is 49.9 Å². The molecule has 1 heterocycles. The molecule has 2 fully saturated rings. The average Bonchev–Trinajstić information content (AvgIpc) is 2.87. The van der Waals surface area contributed by atoms with Crippen molar-refractivity contribution in [3.05, 3.63) is 28.2 Å². The van der Waals surface area contributed by atoms with E-state index in [-0.39, 0.29) is 24.8 Å². The third-order valence-electron chi connectivity index (χ3n) is 4.93. The molecule has 0 radical (unpaired) electrons. The molecule has 2 N–H and O–H groups in total. The molecule has 1 aromatic rings. The maximum Gasteiger partial charge on any atom is 0.329 e. The Morgan fingerprint density at radius 2 is 2.08 bits per heavy atom. The number of nitrogens with one attached hydrogen (secondary N) is 1. The maximum atomic E-state index is 12.4. The molecule has 1 saturated heterocycles. The van der Waals surface area contributed by atoms with Crippen molar-refractivity contribution in [2.45, 2.75) is 38.1 Å². The Bertz CT molecular complexity index is 715. The summed E-state index contributed by atoms with van der Waals surface area (Å²) in [6, 6.07) is 5.60. The molecule has 24 heavy (non-hydrogen) atoms. The second-order valence-corrected chi connectivity index (χ2v) is 7.42. The summed E-state index contributed by atoms with van der Waals surface area (Å²) in [5.74, 6) is -1.97. The van der Waals surface area contributed by atoms with Crippen molar-refractivity contribution in [2.24, 2.45) is 5.92 Å². The number of amides is 2. The zero-order valence-corrected chi connectivity index (χ0v) is 14.9. The topological polar surface area (TPSA) is 86.7 Å². The second-order valence-electron chi connectivity index (χ2n) is 6.57. The Kier molecular flexibility index (Phi) is 4.38. The Balaban J connectivity index is 1.71. The van der Waals surface area contributed by atoms with Crippen LogP contribution < -0.4 is 10.2 Å². The molecule has 2 amide bonds. The van der Waals surface area contributed by atoms with E-state index in [0.29, 0.717) is 12.8 Å². The highest BCUT2D eigenvalue weighted by Crippen LogP contribution is 2.34. The van der Waals surface area contributed by atoms with Crippen LogP contribution in [0, 0.1) is 12.8 Å². The molecule has 1 aliphatic carbocycles. The van der Waals surface area contributed by atoms with E-state index in [2.05, 4.69) is 21.2 Å². The molecule has 1 aliphatic heterocycles. The van der Waals surface area contributed by atoms with Gasteiger partial charge in [0.05, 0.1) is 5.92 Å². The largest absolute Gasteiger partial charge is 0.480 e. The lowest BCUT2D eigenvalue weighted by atomic mass is 9.76. The Morgan fingerprint density at radius 1 is 1.38 bits per heavy atom. The van der Waals surface area contributed by atoms with Gasteiger partial charge in [-0.15, -0.1) is 0 Å². The minimum atomic E-state index is -1.14. The Morgan fingerprint density at radius 3 is 2.62 bits per heavy atom. The number of carboxylic acids is 1. The molecule has 0 spiro atoms. The summed E-state index contributed by atoms with van der Waals surface area (Å²) in [5, 5.41) is 12.0. The Labute approximate surface area is 148 Å². The molecule has 2 aliphatic rings. The van der Waals surface area contributed by atoms with Crippen LogP contribution in [0.2, 0.25) is 0 Å². The standard InChI is InChI=1S/C17H19BrN2O4/c1-10-7-12(3-4-13(10)18)20-9-11(8-14(20)21)15(22)19-17(16(23)24)5-2-6-17/h3-4,7,11H,2,5-6,8-9H2,1H3,(H,19,22)(H,23,24). The molecule has 128 valence electrons. The molecule has 6 nitrogen and oxygen atoms in total. The van der Waals surface area contributed by atoms with Crippen LogP contribution in [0.15, 0.2) is 22.7 Å². The van der Waals surface area contributed by atoms with Gasteiger partial charge < -0.3 is 15.3 Å². The number of carbonyl (C=O) groups is 3. The summed E-state index contributed by atoms with van der Waals surface area (Å²) in [4.78, 5) is 37.7. The number of halogens is 1. The molecule has 1 saturated carbocycles. The van der Waals surface area contributed by atoms with Gasteiger partial charge in [0, 0.05) is 23.1 Å². The van der Waals surface area contributed by atoms with E-state index in [1.807, 2.05) is 25.1 Å². The highest BCUT2D eigenvalue weighted by molar-refractivity contribution is 9.10. The van der Waals surface area contributed by atoms with Crippen molar-refractivity contribution in [1.82, 2.24) is 5.32 Å². The molecule has 7 heteroatoms. The van der Waals surface area contributed by atoms with E-state index in [4.69, 9.17) is 0 Å². The van der Waals surface area contributed by atoms with Gasteiger partial charge in [0.2, 0.25) is 11.8 Å². The summed E-state index contributed by atoms with van der Waals surface area (Å²) in [5.41, 5.74) is 0.627. The molecule has 1 atom stereocenters. The van der Waals surface area contributed by atoms with Crippen molar-refractivity contribution in [3.63, 3.8) is 0 Å². The summed E-state index contributed by atoms with van der Waals surface area (Å²) >= 11 is 3.43. The quantitative estimate of drug-likeness (QED) is 0.819. The minimum absolute atomic E-state index is 0.108. The summed E-state index contributed by atoms with van der Waals surface area (Å²) < 4.78 is 0.959. The first-order chi connectivity index (χ1) is 11.3. The van der Waals surface area contributed by atoms with E-state index in [1.54, 1.807) is 4.90 Å². The number of carbonyl (C=O) groups excluding carboxylic acids is 2. The van der Waals surface area contributed by atoms with Crippen molar-refractivity contribution in [1.29, 1.82) is 0 Å². The van der Waals surface area contributed by atoms with Crippen LogP contribution in [0.3, 0.4) is 0 Å². The van der Waals surface area contributed by atoms with Crippen molar-refractivity contribution in [2.75, 3.05) is 11.4 Å². The number of carboxylic acid groups (broad SMARTS) is 1. The fourth-order valence-corrected chi connectivity index (χ4v) is 3.44. The zero-order chi connectivity index (χ0) is 17.5. The SMILES string of the molecule is Cc1cc(N2CC(C(=O)NC3(C(=O)O)CCC3)CC2=O)ccc1Br. The lowest BCUT2D eigenvalue weighted by Crippen LogP contribution is -2.60. The van der Waals surface area contributed by atoms with Gasteiger partial charge in [-0.25, -0.2) is 4.79 Å². The first kappa shape index (κ1) is 17.0. The third kappa shape index (κ3) is 2.92. The van der Waals surface area contributed by atoms with E-state index < -0.39 is 17.4 Å². The normalized spacial score (nSPS) is 22.2. The molecule has 3 rings (SSSR count). The van der Waals surface area contributed by atoms with Crippen LogP contribution >= 0.6 is 15.9 Å². The maximum absolute atomic E-state index is 12.4. The van der Waals surface area contributed by atoms with Gasteiger partial charge in [0.25, 0.3) is 0 Å². The summed E-state index contributed by atoms with van der Waals surface area (Å²) in [6.07, 6.45) is 1.80. The number of aliphatic carboxylic acids is 1. The number of aryl methyl sites for hydroxylation is 1. The fourth-order valence-electron chi connectivity index (χ4n) is 3.19. The van der Waals surface area contributed by atoms with Crippen molar-refractivity contribution >= 4 is 39.4 Å². The predicted octanol–water partition coefficient (Wildman–Crippen LogP) is 2.23. The van der Waals surface area contributed by atoms with Gasteiger partial charge in [0.1, 0.15) is 5.54 Å². The number of hydrogen-bond acceptors (Lipinski definition) is 3. The predicted molar refractivity (Wildman–Crippen MR) is 91.7 cm³/mol. The van der Waals surface area contributed by atoms with Gasteiger partial charge in [-0.2, -0.15) is 0 Å². The van der Waals surface area contributed by atoms with Gasteiger partial charge in [-0.3, -0.25) is 9.59 Å². The van der Waals surface area contributed by atoms with Gasteiger partial charge >= 0.3 is 5.97 Å². The van der Waals surface area contributed by atoms with E-state index in [0.717, 1.165) is 22.1 Å². The minimum Gasteiger partial charge on any atom is -0.480 e. The van der Waals surface area contributed by atoms with Gasteiger partial charge in [0.15, 0.2) is 0 Å². The first-order valence-corrected chi connectivity index (χ1v) is 8.74. The third-order valence-corrected chi connectivity index (χ3v) is 5.82. The van der Waals surface area contributed by atoms with Crippen LogP contribution in [0.1, 0.15) is 31.2 Å². The highest BCUT2D eigenvalue weighted by atomic mass is 79.9. The second kappa shape index (κ2) is 6.20. The number of benzene rings is 1. The lowest BCUT2D eigenvalue weighted by molar-refractivity contribution is -0.152. The molecular weight excluding hydrogens is 376 g/mol.